The van der Waals surface area contributed by atoms with Gasteiger partial charge in [0.2, 0.25) is 0 Å². The van der Waals surface area contributed by atoms with Crippen molar-refractivity contribution in [2.24, 2.45) is 5.92 Å². The molecule has 1 fully saturated rings. The zero-order chi connectivity index (χ0) is 22.9. The van der Waals surface area contributed by atoms with E-state index in [1.807, 2.05) is 41.8 Å². The molecule has 5 rings (SSSR count). The normalized spacial score (nSPS) is 13.3. The number of hydrogen-bond donors (Lipinski definition) is 0. The van der Waals surface area contributed by atoms with Gasteiger partial charge in [-0.3, -0.25) is 0 Å². The maximum Gasteiger partial charge on any atom is 0.257 e. The van der Waals surface area contributed by atoms with Crippen molar-refractivity contribution in [3.05, 3.63) is 60.1 Å². The Morgan fingerprint density at radius 1 is 1.06 bits per heavy atom. The molecule has 7 heteroatoms. The summed E-state index contributed by atoms with van der Waals surface area (Å²) in [5, 5.41) is 4.88. The summed E-state index contributed by atoms with van der Waals surface area (Å²) in [6.07, 6.45) is 6.02. The van der Waals surface area contributed by atoms with Gasteiger partial charge >= 0.3 is 0 Å². The van der Waals surface area contributed by atoms with Crippen molar-refractivity contribution in [3.8, 4) is 28.6 Å². The Balaban J connectivity index is 1.69. The molecule has 172 valence electrons. The summed E-state index contributed by atoms with van der Waals surface area (Å²) in [6, 6.07) is 12.2. The lowest BCUT2D eigenvalue weighted by Gasteiger charge is -2.24. The lowest BCUT2D eigenvalue weighted by molar-refractivity contribution is 0.392. The number of furan rings is 1. The molecular weight excluding hydrogens is 418 g/mol. The minimum absolute atomic E-state index is 0.594. The Labute approximate surface area is 193 Å². The second-order valence-corrected chi connectivity index (χ2v) is 8.57. The van der Waals surface area contributed by atoms with E-state index in [4.69, 9.17) is 23.7 Å². The monoisotopic (exact) mass is 447 g/mol. The third kappa shape index (κ3) is 3.99. The first-order valence-corrected chi connectivity index (χ1v) is 11.2. The number of nitrogens with zero attached hydrogens (tertiary/aromatic N) is 3. The number of fused-ring (bicyclic) bond motifs is 1. The van der Waals surface area contributed by atoms with Crippen molar-refractivity contribution in [2.45, 2.75) is 26.3 Å². The molecule has 4 aromatic rings. The standard InChI is InChI=1S/C26H29N3O4/c1-17-12-22(30-2)24(23(13-17)31-3)20-6-5-7-21-25(26(32-4)27-29(20)21)28(14-18-8-9-18)15-19-10-11-33-16-19/h5-7,10-13,16,18H,8-9,14-15H2,1-4H3. The minimum atomic E-state index is 0.594. The fourth-order valence-electron chi connectivity index (χ4n) is 4.41. The van der Waals surface area contributed by atoms with Gasteiger partial charge < -0.3 is 23.5 Å². The first-order chi connectivity index (χ1) is 16.1. The van der Waals surface area contributed by atoms with Crippen molar-refractivity contribution in [2.75, 3.05) is 32.8 Å². The summed E-state index contributed by atoms with van der Waals surface area (Å²) in [5.41, 5.74) is 5.87. The highest BCUT2D eigenvalue weighted by Crippen LogP contribution is 2.43. The number of pyridine rings is 1. The van der Waals surface area contributed by atoms with E-state index < -0.39 is 0 Å². The molecule has 0 atom stereocenters. The largest absolute Gasteiger partial charge is 0.496 e. The molecule has 0 radical (unpaired) electrons. The number of rotatable bonds is 9. The van der Waals surface area contributed by atoms with Gasteiger partial charge in [0, 0.05) is 18.7 Å². The van der Waals surface area contributed by atoms with Crippen LogP contribution >= 0.6 is 0 Å². The summed E-state index contributed by atoms with van der Waals surface area (Å²) in [6.45, 7) is 3.70. The number of aromatic nitrogens is 2. The maximum atomic E-state index is 5.80. The van der Waals surface area contributed by atoms with Gasteiger partial charge in [-0.05, 0) is 61.6 Å². The Morgan fingerprint density at radius 3 is 2.42 bits per heavy atom. The van der Waals surface area contributed by atoms with Crippen LogP contribution in [0.5, 0.6) is 17.4 Å². The van der Waals surface area contributed by atoms with E-state index in [0.29, 0.717) is 11.8 Å². The van der Waals surface area contributed by atoms with Gasteiger partial charge in [-0.2, -0.15) is 0 Å². The molecule has 0 saturated heterocycles. The average molecular weight is 448 g/mol. The van der Waals surface area contributed by atoms with Crippen LogP contribution in [0.2, 0.25) is 0 Å². The topological polar surface area (TPSA) is 61.4 Å². The summed E-state index contributed by atoms with van der Waals surface area (Å²) in [5.74, 6) is 2.76. The number of hydrogen-bond acceptors (Lipinski definition) is 6. The van der Waals surface area contributed by atoms with E-state index in [0.717, 1.165) is 58.2 Å². The second-order valence-electron chi connectivity index (χ2n) is 8.57. The van der Waals surface area contributed by atoms with Crippen LogP contribution in [0.1, 0.15) is 24.0 Å². The van der Waals surface area contributed by atoms with E-state index in [-0.39, 0.29) is 0 Å². The first kappa shape index (κ1) is 21.2. The number of methoxy groups -OCH3 is 3. The van der Waals surface area contributed by atoms with Crippen LogP contribution in [0.25, 0.3) is 16.8 Å². The van der Waals surface area contributed by atoms with Gasteiger partial charge in [-0.15, -0.1) is 5.10 Å². The fourth-order valence-corrected chi connectivity index (χ4v) is 4.41. The molecule has 33 heavy (non-hydrogen) atoms. The van der Waals surface area contributed by atoms with Gasteiger partial charge in [0.1, 0.15) is 17.2 Å². The average Bonchev–Trinajstić information content (AvgIpc) is 3.34. The molecule has 0 N–H and O–H groups in total. The van der Waals surface area contributed by atoms with Crippen molar-refractivity contribution >= 4 is 11.2 Å². The molecule has 0 bridgehead atoms. The molecule has 0 spiro atoms. The zero-order valence-corrected chi connectivity index (χ0v) is 19.5. The van der Waals surface area contributed by atoms with Gasteiger partial charge in [-0.25, -0.2) is 4.52 Å². The smallest absolute Gasteiger partial charge is 0.257 e. The van der Waals surface area contributed by atoms with Crippen molar-refractivity contribution in [1.29, 1.82) is 0 Å². The van der Waals surface area contributed by atoms with Gasteiger partial charge in [0.05, 0.1) is 50.6 Å². The molecule has 1 aliphatic carbocycles. The molecule has 3 aromatic heterocycles. The van der Waals surface area contributed by atoms with Crippen molar-refractivity contribution in [1.82, 2.24) is 9.61 Å². The molecule has 3 heterocycles. The lowest BCUT2D eigenvalue weighted by Crippen LogP contribution is -2.25. The number of benzene rings is 1. The van der Waals surface area contributed by atoms with E-state index >= 15 is 0 Å². The SMILES string of the molecule is COc1cc(C)cc(OC)c1-c1cccc2c(N(Cc3ccoc3)CC3CC3)c(OC)nn12. The summed E-state index contributed by atoms with van der Waals surface area (Å²) in [4.78, 5) is 2.36. The number of anilines is 1. The summed E-state index contributed by atoms with van der Waals surface area (Å²) < 4.78 is 24.5. The quantitative estimate of drug-likeness (QED) is 0.345. The molecule has 0 amide bonds. The van der Waals surface area contributed by atoms with Crippen LogP contribution in [-0.4, -0.2) is 37.5 Å². The van der Waals surface area contributed by atoms with Crippen LogP contribution in [0.3, 0.4) is 0 Å². The van der Waals surface area contributed by atoms with Gasteiger partial charge in [0.15, 0.2) is 0 Å². The molecule has 7 nitrogen and oxygen atoms in total. The van der Waals surface area contributed by atoms with Crippen LogP contribution < -0.4 is 19.1 Å². The van der Waals surface area contributed by atoms with Crippen LogP contribution in [0.4, 0.5) is 5.69 Å². The summed E-state index contributed by atoms with van der Waals surface area (Å²) >= 11 is 0. The molecule has 1 aliphatic rings. The molecular formula is C26H29N3O4. The zero-order valence-electron chi connectivity index (χ0n) is 19.5. The Morgan fingerprint density at radius 2 is 1.82 bits per heavy atom. The van der Waals surface area contributed by atoms with Crippen molar-refractivity contribution in [3.63, 3.8) is 0 Å². The lowest BCUT2D eigenvalue weighted by atomic mass is 10.1. The molecule has 1 aromatic carbocycles. The first-order valence-electron chi connectivity index (χ1n) is 11.2. The third-order valence-electron chi connectivity index (χ3n) is 6.15. The van der Waals surface area contributed by atoms with Gasteiger partial charge in [0.25, 0.3) is 5.88 Å². The Hall–Kier alpha value is -3.61. The van der Waals surface area contributed by atoms with E-state index in [1.165, 1.54) is 12.8 Å². The fraction of sp³-hybridized carbons (Fsp3) is 0.346. The minimum Gasteiger partial charge on any atom is -0.496 e. The second kappa shape index (κ2) is 8.73. The maximum absolute atomic E-state index is 5.80. The van der Waals surface area contributed by atoms with Crippen LogP contribution in [0.15, 0.2) is 53.3 Å². The van der Waals surface area contributed by atoms with Gasteiger partial charge in [-0.1, -0.05) is 6.07 Å². The van der Waals surface area contributed by atoms with Crippen LogP contribution in [0, 0.1) is 12.8 Å². The van der Waals surface area contributed by atoms with Crippen LogP contribution in [-0.2, 0) is 6.54 Å². The highest BCUT2D eigenvalue weighted by atomic mass is 16.5. The predicted molar refractivity (Wildman–Crippen MR) is 128 cm³/mol. The highest BCUT2D eigenvalue weighted by molar-refractivity contribution is 5.84. The van der Waals surface area contributed by atoms with E-state index in [9.17, 15) is 0 Å². The summed E-state index contributed by atoms with van der Waals surface area (Å²) in [7, 11) is 5.02. The highest BCUT2D eigenvalue weighted by Gasteiger charge is 2.29. The Kier molecular flexibility index (Phi) is 5.62. The van der Waals surface area contributed by atoms with Crippen molar-refractivity contribution < 1.29 is 18.6 Å². The predicted octanol–water partition coefficient (Wildman–Crippen LogP) is 5.35. The molecule has 1 saturated carbocycles. The molecule has 0 unspecified atom stereocenters. The Bertz CT molecular complexity index is 1230. The number of ether oxygens (including phenoxy) is 3. The number of aryl methyl sites for hydroxylation is 1. The third-order valence-corrected chi connectivity index (χ3v) is 6.15. The van der Waals surface area contributed by atoms with E-state index in [1.54, 1.807) is 33.9 Å². The molecule has 0 aliphatic heterocycles. The van der Waals surface area contributed by atoms with E-state index in [2.05, 4.69) is 11.0 Å².